The van der Waals surface area contributed by atoms with Gasteiger partial charge in [-0.3, -0.25) is 0 Å². The van der Waals surface area contributed by atoms with Crippen molar-refractivity contribution in [2.24, 2.45) is 0 Å². The van der Waals surface area contributed by atoms with Crippen molar-refractivity contribution in [1.82, 2.24) is 20.2 Å². The van der Waals surface area contributed by atoms with Crippen LogP contribution in [0.3, 0.4) is 0 Å². The number of thiazole rings is 1. The van der Waals surface area contributed by atoms with Crippen LogP contribution in [-0.2, 0) is 19.5 Å². The van der Waals surface area contributed by atoms with Crippen molar-refractivity contribution in [3.05, 3.63) is 76.9 Å². The standard InChI is InChI=1S/C23H26N4S/c1-27(2)11-10-19-14-25-22-9-8-18(12-21(19)22)23-26-20(16-28-23)15-24-13-17-6-4-3-5-7-17/h3-9,12,14,16,24-25H,10-11,13,15H2,1-2H3. The van der Waals surface area contributed by atoms with Gasteiger partial charge in [-0.1, -0.05) is 30.3 Å². The van der Waals surface area contributed by atoms with Crippen LogP contribution in [0, 0.1) is 0 Å². The maximum absolute atomic E-state index is 4.84. The van der Waals surface area contributed by atoms with Crippen molar-refractivity contribution in [2.45, 2.75) is 19.5 Å². The van der Waals surface area contributed by atoms with Gasteiger partial charge in [-0.05, 0) is 49.8 Å². The van der Waals surface area contributed by atoms with E-state index in [-0.39, 0.29) is 0 Å². The highest BCUT2D eigenvalue weighted by Crippen LogP contribution is 2.29. The minimum absolute atomic E-state index is 0.784. The Labute approximate surface area is 170 Å². The van der Waals surface area contributed by atoms with Crippen LogP contribution >= 0.6 is 11.3 Å². The summed E-state index contributed by atoms with van der Waals surface area (Å²) < 4.78 is 0. The second kappa shape index (κ2) is 8.69. The molecule has 0 aliphatic carbocycles. The van der Waals surface area contributed by atoms with Crippen LogP contribution in [0.5, 0.6) is 0 Å². The molecule has 0 amide bonds. The first-order chi connectivity index (χ1) is 13.7. The van der Waals surface area contributed by atoms with E-state index in [1.54, 1.807) is 11.3 Å². The second-order valence-corrected chi connectivity index (χ2v) is 8.22. The van der Waals surface area contributed by atoms with E-state index < -0.39 is 0 Å². The first kappa shape index (κ1) is 18.9. The number of fused-ring (bicyclic) bond motifs is 1. The van der Waals surface area contributed by atoms with Crippen molar-refractivity contribution in [2.75, 3.05) is 20.6 Å². The molecule has 2 aromatic carbocycles. The molecule has 0 aliphatic rings. The Balaban J connectivity index is 1.45. The number of aromatic nitrogens is 2. The molecule has 0 atom stereocenters. The fourth-order valence-corrected chi connectivity index (χ4v) is 4.13. The van der Waals surface area contributed by atoms with Crippen LogP contribution in [-0.4, -0.2) is 35.5 Å². The summed E-state index contributed by atoms with van der Waals surface area (Å²) >= 11 is 1.71. The summed E-state index contributed by atoms with van der Waals surface area (Å²) in [5.41, 5.74) is 6.14. The number of hydrogen-bond acceptors (Lipinski definition) is 4. The molecule has 0 radical (unpaired) electrons. The summed E-state index contributed by atoms with van der Waals surface area (Å²) in [6.45, 7) is 2.69. The van der Waals surface area contributed by atoms with Gasteiger partial charge in [0.2, 0.25) is 0 Å². The zero-order valence-corrected chi connectivity index (χ0v) is 17.2. The summed E-state index contributed by atoms with van der Waals surface area (Å²) in [5.74, 6) is 0. The first-order valence-corrected chi connectivity index (χ1v) is 10.5. The molecule has 5 heteroatoms. The van der Waals surface area contributed by atoms with E-state index in [9.17, 15) is 0 Å². The van der Waals surface area contributed by atoms with Gasteiger partial charge in [-0.2, -0.15) is 0 Å². The van der Waals surface area contributed by atoms with Gasteiger partial charge in [0.05, 0.1) is 5.69 Å². The molecule has 0 saturated carbocycles. The predicted octanol–water partition coefficient (Wildman–Crippen LogP) is 4.69. The van der Waals surface area contributed by atoms with Crippen molar-refractivity contribution in [1.29, 1.82) is 0 Å². The largest absolute Gasteiger partial charge is 0.361 e. The van der Waals surface area contributed by atoms with Gasteiger partial charge in [0, 0.05) is 47.7 Å². The van der Waals surface area contributed by atoms with Crippen LogP contribution in [0.2, 0.25) is 0 Å². The van der Waals surface area contributed by atoms with Gasteiger partial charge in [0.15, 0.2) is 0 Å². The number of hydrogen-bond donors (Lipinski definition) is 2. The van der Waals surface area contributed by atoms with E-state index in [1.165, 1.54) is 27.6 Å². The summed E-state index contributed by atoms with van der Waals surface area (Å²) in [6.07, 6.45) is 3.18. The SMILES string of the molecule is CN(C)CCc1c[nH]c2ccc(-c3nc(CNCc4ccccc4)cs3)cc12. The number of likely N-dealkylation sites (N-methyl/N-ethyl adjacent to an activating group) is 1. The highest BCUT2D eigenvalue weighted by molar-refractivity contribution is 7.13. The van der Waals surface area contributed by atoms with Crippen LogP contribution in [0.1, 0.15) is 16.8 Å². The van der Waals surface area contributed by atoms with E-state index in [0.29, 0.717) is 0 Å². The van der Waals surface area contributed by atoms with Crippen molar-refractivity contribution < 1.29 is 0 Å². The van der Waals surface area contributed by atoms with Gasteiger partial charge < -0.3 is 15.2 Å². The normalized spacial score (nSPS) is 11.5. The fourth-order valence-electron chi connectivity index (χ4n) is 3.31. The van der Waals surface area contributed by atoms with Gasteiger partial charge in [0.1, 0.15) is 5.01 Å². The molecule has 144 valence electrons. The minimum atomic E-state index is 0.784. The van der Waals surface area contributed by atoms with Crippen LogP contribution in [0.25, 0.3) is 21.5 Å². The molecule has 0 saturated heterocycles. The lowest BCUT2D eigenvalue weighted by Gasteiger charge is -2.08. The number of rotatable bonds is 8. The first-order valence-electron chi connectivity index (χ1n) is 9.63. The van der Waals surface area contributed by atoms with Crippen LogP contribution in [0.4, 0.5) is 0 Å². The zero-order chi connectivity index (χ0) is 19.3. The molecule has 0 spiro atoms. The smallest absolute Gasteiger partial charge is 0.123 e. The maximum atomic E-state index is 4.84. The maximum Gasteiger partial charge on any atom is 0.123 e. The highest BCUT2D eigenvalue weighted by Gasteiger charge is 2.09. The van der Waals surface area contributed by atoms with Crippen LogP contribution < -0.4 is 5.32 Å². The molecular formula is C23H26N4S. The molecular weight excluding hydrogens is 364 g/mol. The van der Waals surface area contributed by atoms with Crippen LogP contribution in [0.15, 0.2) is 60.1 Å². The summed E-state index contributed by atoms with van der Waals surface area (Å²) in [5, 5.41) is 8.02. The average Bonchev–Trinajstić information content (AvgIpc) is 3.34. The molecule has 0 bridgehead atoms. The number of H-pyrrole nitrogens is 1. The Morgan fingerprint density at radius 3 is 2.75 bits per heavy atom. The lowest BCUT2D eigenvalue weighted by molar-refractivity contribution is 0.414. The van der Waals surface area contributed by atoms with Crippen molar-refractivity contribution >= 4 is 22.2 Å². The molecule has 0 fully saturated rings. The van der Waals surface area contributed by atoms with E-state index >= 15 is 0 Å². The molecule has 0 aliphatic heterocycles. The Bertz CT molecular complexity index is 1030. The van der Waals surface area contributed by atoms with E-state index in [2.05, 4.69) is 83.3 Å². The minimum Gasteiger partial charge on any atom is -0.361 e. The summed E-state index contributed by atoms with van der Waals surface area (Å²) in [4.78, 5) is 10.5. The Hall–Kier alpha value is -2.47. The summed E-state index contributed by atoms with van der Waals surface area (Å²) in [7, 11) is 4.23. The molecule has 28 heavy (non-hydrogen) atoms. The number of nitrogens with one attached hydrogen (secondary N) is 2. The molecule has 4 rings (SSSR count). The van der Waals surface area contributed by atoms with E-state index in [4.69, 9.17) is 4.98 Å². The lowest BCUT2D eigenvalue weighted by atomic mass is 10.1. The molecule has 4 aromatic rings. The summed E-state index contributed by atoms with van der Waals surface area (Å²) in [6, 6.07) is 17.1. The zero-order valence-electron chi connectivity index (χ0n) is 16.4. The topological polar surface area (TPSA) is 44.0 Å². The molecule has 2 N–H and O–H groups in total. The third kappa shape index (κ3) is 4.50. The van der Waals surface area contributed by atoms with E-state index in [0.717, 1.165) is 36.8 Å². The fraction of sp³-hybridized carbons (Fsp3) is 0.261. The molecule has 0 unspecified atom stereocenters. The Morgan fingerprint density at radius 1 is 1.07 bits per heavy atom. The Morgan fingerprint density at radius 2 is 1.93 bits per heavy atom. The second-order valence-electron chi connectivity index (χ2n) is 7.36. The number of benzene rings is 2. The monoisotopic (exact) mass is 390 g/mol. The van der Waals surface area contributed by atoms with Gasteiger partial charge >= 0.3 is 0 Å². The van der Waals surface area contributed by atoms with Crippen molar-refractivity contribution in [3.63, 3.8) is 0 Å². The van der Waals surface area contributed by atoms with Crippen molar-refractivity contribution in [3.8, 4) is 10.6 Å². The third-order valence-corrected chi connectivity index (χ3v) is 5.81. The van der Waals surface area contributed by atoms with Gasteiger partial charge in [-0.15, -0.1) is 11.3 Å². The number of aromatic amines is 1. The average molecular weight is 391 g/mol. The predicted molar refractivity (Wildman–Crippen MR) is 119 cm³/mol. The van der Waals surface area contributed by atoms with Gasteiger partial charge in [0.25, 0.3) is 0 Å². The molecule has 4 nitrogen and oxygen atoms in total. The molecule has 2 heterocycles. The molecule has 2 aromatic heterocycles. The van der Waals surface area contributed by atoms with Gasteiger partial charge in [-0.25, -0.2) is 4.98 Å². The van der Waals surface area contributed by atoms with E-state index in [1.807, 2.05) is 6.07 Å². The Kier molecular flexibility index (Phi) is 5.86. The third-order valence-electron chi connectivity index (χ3n) is 4.87. The lowest BCUT2D eigenvalue weighted by Crippen LogP contribution is -2.14. The quantitative estimate of drug-likeness (QED) is 0.459. The number of nitrogens with zero attached hydrogens (tertiary/aromatic N) is 2. The highest BCUT2D eigenvalue weighted by atomic mass is 32.1.